The number of pyridine rings is 1. The number of anilines is 1. The molecule has 28 heavy (non-hydrogen) atoms. The SMILES string of the molecule is Cc1ccc(O[C@@H]2CCN(c3ccc(-c4ccccc4)cc3C(N)=O)C2)nc1. The predicted octanol–water partition coefficient (Wildman–Crippen LogP) is 3.81. The lowest BCUT2D eigenvalue weighted by Gasteiger charge is -2.22. The van der Waals surface area contributed by atoms with Gasteiger partial charge in [-0.2, -0.15) is 0 Å². The zero-order chi connectivity index (χ0) is 19.5. The van der Waals surface area contributed by atoms with E-state index in [2.05, 4.69) is 9.88 Å². The summed E-state index contributed by atoms with van der Waals surface area (Å²) in [5.74, 6) is 0.212. The molecular formula is C23H23N3O2. The van der Waals surface area contributed by atoms with Gasteiger partial charge in [-0.3, -0.25) is 4.79 Å². The molecule has 1 aromatic heterocycles. The number of nitrogens with zero attached hydrogens (tertiary/aromatic N) is 2. The minimum absolute atomic E-state index is 0.0322. The Kier molecular flexibility index (Phi) is 4.98. The number of hydrogen-bond acceptors (Lipinski definition) is 4. The summed E-state index contributed by atoms with van der Waals surface area (Å²) < 4.78 is 6.01. The first-order valence-corrected chi connectivity index (χ1v) is 9.44. The van der Waals surface area contributed by atoms with E-state index in [4.69, 9.17) is 10.5 Å². The number of rotatable bonds is 5. The molecule has 0 saturated carbocycles. The van der Waals surface area contributed by atoms with Gasteiger partial charge in [-0.1, -0.05) is 42.5 Å². The number of hydrogen-bond donors (Lipinski definition) is 1. The Bertz CT molecular complexity index is 971. The second-order valence-corrected chi connectivity index (χ2v) is 7.11. The van der Waals surface area contributed by atoms with Gasteiger partial charge in [0.2, 0.25) is 5.88 Å². The molecule has 1 aliphatic heterocycles. The van der Waals surface area contributed by atoms with E-state index in [1.165, 1.54) is 0 Å². The van der Waals surface area contributed by atoms with Crippen LogP contribution in [0.15, 0.2) is 66.9 Å². The fourth-order valence-electron chi connectivity index (χ4n) is 3.56. The van der Waals surface area contributed by atoms with E-state index < -0.39 is 5.91 Å². The van der Waals surface area contributed by atoms with Crippen molar-refractivity contribution in [3.8, 4) is 17.0 Å². The Labute approximate surface area is 164 Å². The monoisotopic (exact) mass is 373 g/mol. The molecule has 3 aromatic rings. The minimum atomic E-state index is -0.419. The third-order valence-corrected chi connectivity index (χ3v) is 5.03. The second kappa shape index (κ2) is 7.72. The topological polar surface area (TPSA) is 68.5 Å². The molecule has 1 fully saturated rings. The Morgan fingerprint density at radius 2 is 1.93 bits per heavy atom. The van der Waals surface area contributed by atoms with Gasteiger partial charge in [0.25, 0.3) is 5.91 Å². The summed E-state index contributed by atoms with van der Waals surface area (Å²) in [7, 11) is 0. The van der Waals surface area contributed by atoms with Gasteiger partial charge in [0.1, 0.15) is 6.10 Å². The summed E-state index contributed by atoms with van der Waals surface area (Å²) in [5, 5.41) is 0. The lowest BCUT2D eigenvalue weighted by molar-refractivity contribution is 0.100. The summed E-state index contributed by atoms with van der Waals surface area (Å²) >= 11 is 0. The van der Waals surface area contributed by atoms with Crippen molar-refractivity contribution in [2.24, 2.45) is 5.73 Å². The van der Waals surface area contributed by atoms with Crippen molar-refractivity contribution in [1.29, 1.82) is 0 Å². The molecule has 5 nitrogen and oxygen atoms in total. The average Bonchev–Trinajstić information content (AvgIpc) is 3.18. The van der Waals surface area contributed by atoms with Crippen LogP contribution in [0.5, 0.6) is 5.88 Å². The highest BCUT2D eigenvalue weighted by Gasteiger charge is 2.27. The molecule has 5 heteroatoms. The number of carbonyl (C=O) groups excluding carboxylic acids is 1. The van der Waals surface area contributed by atoms with Crippen LogP contribution in [0.2, 0.25) is 0 Å². The Morgan fingerprint density at radius 1 is 1.11 bits per heavy atom. The summed E-state index contributed by atoms with van der Waals surface area (Å²) in [6.45, 7) is 3.50. The Balaban J connectivity index is 1.54. The van der Waals surface area contributed by atoms with Crippen molar-refractivity contribution in [3.63, 3.8) is 0 Å². The van der Waals surface area contributed by atoms with E-state index in [9.17, 15) is 4.79 Å². The van der Waals surface area contributed by atoms with Crippen LogP contribution in [0.1, 0.15) is 22.3 Å². The molecule has 0 spiro atoms. The number of nitrogens with two attached hydrogens (primary N) is 1. The number of benzene rings is 2. The Morgan fingerprint density at radius 3 is 2.64 bits per heavy atom. The van der Waals surface area contributed by atoms with Gasteiger partial charge in [-0.15, -0.1) is 0 Å². The Hall–Kier alpha value is -3.34. The van der Waals surface area contributed by atoms with Crippen molar-refractivity contribution in [1.82, 2.24) is 4.98 Å². The number of ether oxygens (including phenoxy) is 1. The third-order valence-electron chi connectivity index (χ3n) is 5.03. The van der Waals surface area contributed by atoms with E-state index in [-0.39, 0.29) is 6.10 Å². The maximum atomic E-state index is 12.1. The van der Waals surface area contributed by atoms with E-state index in [1.54, 1.807) is 6.20 Å². The molecule has 0 radical (unpaired) electrons. The number of amides is 1. The highest BCUT2D eigenvalue weighted by atomic mass is 16.5. The van der Waals surface area contributed by atoms with Crippen LogP contribution in [0.4, 0.5) is 5.69 Å². The predicted molar refractivity (Wildman–Crippen MR) is 111 cm³/mol. The lowest BCUT2D eigenvalue weighted by atomic mass is 10.0. The number of aryl methyl sites for hydroxylation is 1. The lowest BCUT2D eigenvalue weighted by Crippen LogP contribution is -2.27. The van der Waals surface area contributed by atoms with Crippen LogP contribution in [-0.2, 0) is 0 Å². The quantitative estimate of drug-likeness (QED) is 0.738. The van der Waals surface area contributed by atoms with Gasteiger partial charge in [-0.05, 0) is 35.7 Å². The van der Waals surface area contributed by atoms with E-state index >= 15 is 0 Å². The fraction of sp³-hybridized carbons (Fsp3) is 0.217. The largest absolute Gasteiger partial charge is 0.472 e. The first-order chi connectivity index (χ1) is 13.6. The van der Waals surface area contributed by atoms with E-state index in [1.807, 2.05) is 67.6 Å². The molecule has 1 saturated heterocycles. The molecule has 0 aliphatic carbocycles. The van der Waals surface area contributed by atoms with Gasteiger partial charge < -0.3 is 15.4 Å². The van der Waals surface area contributed by atoms with Crippen LogP contribution in [0.3, 0.4) is 0 Å². The van der Waals surface area contributed by atoms with Crippen LogP contribution in [0.25, 0.3) is 11.1 Å². The highest BCUT2D eigenvalue weighted by Crippen LogP contribution is 2.30. The molecule has 4 rings (SSSR count). The normalized spacial score (nSPS) is 16.2. The smallest absolute Gasteiger partial charge is 0.250 e. The van der Waals surface area contributed by atoms with E-state index in [0.717, 1.165) is 35.3 Å². The molecule has 2 heterocycles. The van der Waals surface area contributed by atoms with Gasteiger partial charge >= 0.3 is 0 Å². The third kappa shape index (κ3) is 3.83. The summed E-state index contributed by atoms with van der Waals surface area (Å²) in [6, 6.07) is 19.8. The van der Waals surface area contributed by atoms with Gasteiger partial charge in [0, 0.05) is 30.9 Å². The number of primary amides is 1. The molecule has 1 aliphatic rings. The first-order valence-electron chi connectivity index (χ1n) is 9.44. The van der Waals surface area contributed by atoms with Gasteiger partial charge in [-0.25, -0.2) is 4.98 Å². The first kappa shape index (κ1) is 18.0. The zero-order valence-corrected chi connectivity index (χ0v) is 15.8. The van der Waals surface area contributed by atoms with Crippen LogP contribution >= 0.6 is 0 Å². The molecule has 0 unspecified atom stereocenters. The van der Waals surface area contributed by atoms with Crippen LogP contribution in [-0.4, -0.2) is 30.1 Å². The standard InChI is InChI=1S/C23H23N3O2/c1-16-7-10-22(25-14-16)28-19-11-12-26(15-19)21-9-8-18(13-20(21)23(24)27)17-5-3-2-4-6-17/h2-10,13-14,19H,11-12,15H2,1H3,(H2,24,27)/t19-/m1/s1. The van der Waals surface area contributed by atoms with Crippen molar-refractivity contribution in [2.45, 2.75) is 19.4 Å². The van der Waals surface area contributed by atoms with Crippen molar-refractivity contribution < 1.29 is 9.53 Å². The summed E-state index contributed by atoms with van der Waals surface area (Å²) in [5.41, 5.74) is 10.2. The second-order valence-electron chi connectivity index (χ2n) is 7.11. The van der Waals surface area contributed by atoms with Crippen molar-refractivity contribution in [2.75, 3.05) is 18.0 Å². The minimum Gasteiger partial charge on any atom is -0.472 e. The van der Waals surface area contributed by atoms with Crippen LogP contribution in [0, 0.1) is 6.92 Å². The number of carbonyl (C=O) groups is 1. The van der Waals surface area contributed by atoms with E-state index in [0.29, 0.717) is 18.0 Å². The molecule has 142 valence electrons. The van der Waals surface area contributed by atoms with Gasteiger partial charge in [0.15, 0.2) is 0 Å². The molecular weight excluding hydrogens is 350 g/mol. The molecule has 2 aromatic carbocycles. The van der Waals surface area contributed by atoms with Crippen molar-refractivity contribution >= 4 is 11.6 Å². The van der Waals surface area contributed by atoms with Crippen LogP contribution < -0.4 is 15.4 Å². The molecule has 1 amide bonds. The maximum absolute atomic E-state index is 12.1. The maximum Gasteiger partial charge on any atom is 0.250 e. The summed E-state index contributed by atoms with van der Waals surface area (Å²) in [6.07, 6.45) is 2.70. The van der Waals surface area contributed by atoms with Crippen molar-refractivity contribution in [3.05, 3.63) is 78.0 Å². The molecule has 1 atom stereocenters. The molecule has 2 N–H and O–H groups in total. The average molecular weight is 373 g/mol. The number of aromatic nitrogens is 1. The highest BCUT2D eigenvalue weighted by molar-refractivity contribution is 6.00. The fourth-order valence-corrected chi connectivity index (χ4v) is 3.56. The zero-order valence-electron chi connectivity index (χ0n) is 15.8. The summed E-state index contributed by atoms with van der Waals surface area (Å²) in [4.78, 5) is 18.6. The van der Waals surface area contributed by atoms with Gasteiger partial charge in [0.05, 0.1) is 12.1 Å². The molecule has 0 bridgehead atoms.